The van der Waals surface area contributed by atoms with Crippen LogP contribution in [0.15, 0.2) is 91.0 Å². The van der Waals surface area contributed by atoms with E-state index in [1.54, 1.807) is 27.6 Å². The first-order chi connectivity index (χ1) is 33.5. The average Bonchev–Trinajstić information content (AvgIpc) is 3.50. The molecule has 0 bridgehead atoms. The van der Waals surface area contributed by atoms with E-state index in [1.807, 2.05) is 0 Å². The predicted octanol–water partition coefficient (Wildman–Crippen LogP) is 17.2. The predicted molar refractivity (Wildman–Crippen MR) is 313 cm³/mol. The number of rotatable bonds is 4. The Bertz CT molecular complexity index is 3190. The molecule has 0 radical (unpaired) electrons. The highest BCUT2D eigenvalue weighted by Gasteiger charge is 2.62. The van der Waals surface area contributed by atoms with Crippen LogP contribution in [0.25, 0.3) is 0 Å². The molecule has 1 fully saturated rings. The Balaban J connectivity index is 1.25. The van der Waals surface area contributed by atoms with Crippen molar-refractivity contribution in [3.63, 3.8) is 0 Å². The van der Waals surface area contributed by atoms with Crippen molar-refractivity contribution in [2.75, 3.05) is 9.80 Å². The van der Waals surface area contributed by atoms with E-state index in [9.17, 15) is 0 Å². The summed E-state index contributed by atoms with van der Waals surface area (Å²) in [6, 6.07) is 37.9. The molecule has 0 aromatic heterocycles. The van der Waals surface area contributed by atoms with Crippen LogP contribution in [0.4, 0.5) is 34.1 Å². The van der Waals surface area contributed by atoms with Gasteiger partial charge in [0, 0.05) is 40.0 Å². The molecule has 3 aliphatic carbocycles. The first-order valence-corrected chi connectivity index (χ1v) is 27.9. The number of anilines is 6. The molecule has 2 nitrogen and oxygen atoms in total. The van der Waals surface area contributed by atoms with Crippen molar-refractivity contribution in [1.82, 2.24) is 0 Å². The maximum Gasteiger partial charge on any atom is 0.247 e. The molecule has 374 valence electrons. The van der Waals surface area contributed by atoms with Crippen molar-refractivity contribution in [3.8, 4) is 0 Å². The van der Waals surface area contributed by atoms with Gasteiger partial charge in [0.1, 0.15) is 0 Å². The van der Waals surface area contributed by atoms with Crippen molar-refractivity contribution < 1.29 is 0 Å². The second kappa shape index (κ2) is 15.8. The fraction of sp³-hybridized carbons (Fsp3) is 0.478. The number of nitrogens with zero attached hydrogens (tertiary/aromatic N) is 2. The average molecular weight is 953 g/mol. The number of fused-ring (bicyclic) bond motifs is 8. The topological polar surface area (TPSA) is 6.48 Å². The number of benzene rings is 6. The van der Waals surface area contributed by atoms with Crippen LogP contribution < -0.4 is 26.2 Å². The molecule has 11 rings (SSSR count). The smallest absolute Gasteiger partial charge is 0.247 e. The molecule has 6 aromatic rings. The standard InChI is InChI=1S/C69H85BN2/c1-41-32-49-61-60-52(68(18)28-20-21-29-69(61,68)19)37-47(65(11,12)13)38-54(60)70-53-25-24-48(71(55-26-22-45(34-42(55)2)63(5,6)7)56-27-23-46(35-43(56)3)64(8,9)10)39-58(53)72(59(33-41)62(49)70)57-40-51-50(36-44(57)4)66(14,15)30-31-67(51,16)17/h22-27,32-40,61H,20-21,28-31H2,1-19H3. The van der Waals surface area contributed by atoms with Gasteiger partial charge in [-0.15, -0.1) is 0 Å². The minimum atomic E-state index is 0.0109. The summed E-state index contributed by atoms with van der Waals surface area (Å²) in [7, 11) is 0. The molecule has 0 amide bonds. The normalized spacial score (nSPS) is 22.5. The van der Waals surface area contributed by atoms with E-state index in [0.29, 0.717) is 5.92 Å². The Morgan fingerprint density at radius 3 is 1.64 bits per heavy atom. The second-order valence-electron chi connectivity index (χ2n) is 28.8. The molecule has 72 heavy (non-hydrogen) atoms. The summed E-state index contributed by atoms with van der Waals surface area (Å²) < 4.78 is 0. The summed E-state index contributed by atoms with van der Waals surface area (Å²) >= 11 is 0. The molecule has 6 aromatic carbocycles. The van der Waals surface area contributed by atoms with Crippen LogP contribution in [0.5, 0.6) is 0 Å². The fourth-order valence-corrected chi connectivity index (χ4v) is 15.0. The van der Waals surface area contributed by atoms with Crippen LogP contribution in [0, 0.1) is 33.1 Å². The molecular formula is C69H85BN2. The zero-order chi connectivity index (χ0) is 51.8. The van der Waals surface area contributed by atoms with Crippen LogP contribution in [-0.4, -0.2) is 6.71 Å². The first kappa shape index (κ1) is 49.2. The summed E-state index contributed by atoms with van der Waals surface area (Å²) in [5, 5.41) is 0. The van der Waals surface area contributed by atoms with Gasteiger partial charge in [-0.2, -0.15) is 0 Å². The van der Waals surface area contributed by atoms with Crippen molar-refractivity contribution >= 4 is 57.2 Å². The minimum Gasteiger partial charge on any atom is -0.311 e. The third-order valence-electron chi connectivity index (χ3n) is 19.8. The Labute approximate surface area is 436 Å². The summed E-state index contributed by atoms with van der Waals surface area (Å²) in [5.74, 6) is 0.354. The van der Waals surface area contributed by atoms with E-state index in [-0.39, 0.29) is 44.6 Å². The largest absolute Gasteiger partial charge is 0.311 e. The highest BCUT2D eigenvalue weighted by molar-refractivity contribution is 6.99. The molecule has 0 saturated heterocycles. The maximum atomic E-state index is 2.77. The Hall–Kier alpha value is -5.02. The summed E-state index contributed by atoms with van der Waals surface area (Å²) in [5.41, 5.74) is 30.1. The molecule has 5 aliphatic rings. The molecule has 3 atom stereocenters. The maximum absolute atomic E-state index is 2.77. The lowest BCUT2D eigenvalue weighted by molar-refractivity contribution is 0.0925. The van der Waals surface area contributed by atoms with E-state index in [4.69, 9.17) is 0 Å². The van der Waals surface area contributed by atoms with Crippen LogP contribution in [0.3, 0.4) is 0 Å². The minimum absolute atomic E-state index is 0.0109. The number of hydrogen-bond donors (Lipinski definition) is 0. The first-order valence-electron chi connectivity index (χ1n) is 27.9. The van der Waals surface area contributed by atoms with E-state index < -0.39 is 0 Å². The van der Waals surface area contributed by atoms with Gasteiger partial charge in [-0.05, 0) is 205 Å². The lowest BCUT2D eigenvalue weighted by atomic mass is 9.30. The van der Waals surface area contributed by atoms with Gasteiger partial charge in [0.25, 0.3) is 0 Å². The van der Waals surface area contributed by atoms with Gasteiger partial charge in [0.2, 0.25) is 6.71 Å². The highest BCUT2D eigenvalue weighted by Crippen LogP contribution is 2.68. The number of hydrogen-bond acceptors (Lipinski definition) is 2. The zero-order valence-corrected chi connectivity index (χ0v) is 48.0. The van der Waals surface area contributed by atoms with Gasteiger partial charge in [-0.1, -0.05) is 177 Å². The molecule has 2 aliphatic heterocycles. The quantitative estimate of drug-likeness (QED) is 0.162. The van der Waals surface area contributed by atoms with E-state index in [0.717, 1.165) is 0 Å². The molecule has 2 heterocycles. The van der Waals surface area contributed by atoms with Gasteiger partial charge in [-0.25, -0.2) is 0 Å². The monoisotopic (exact) mass is 953 g/mol. The van der Waals surface area contributed by atoms with Crippen molar-refractivity contribution in [3.05, 3.63) is 158 Å². The van der Waals surface area contributed by atoms with Crippen LogP contribution in [0.1, 0.15) is 215 Å². The lowest BCUT2D eigenvalue weighted by Crippen LogP contribution is -2.62. The third kappa shape index (κ3) is 7.14. The van der Waals surface area contributed by atoms with Crippen LogP contribution in [-0.2, 0) is 32.5 Å². The van der Waals surface area contributed by atoms with Gasteiger partial charge < -0.3 is 9.80 Å². The summed E-state index contributed by atoms with van der Waals surface area (Å²) in [6.07, 6.45) is 7.52. The van der Waals surface area contributed by atoms with Crippen molar-refractivity contribution in [2.24, 2.45) is 5.41 Å². The van der Waals surface area contributed by atoms with Gasteiger partial charge in [0.15, 0.2) is 0 Å². The van der Waals surface area contributed by atoms with Gasteiger partial charge in [-0.3, -0.25) is 0 Å². The molecule has 0 spiro atoms. The summed E-state index contributed by atoms with van der Waals surface area (Å²) in [6.45, 7) is 46.1. The second-order valence-corrected chi connectivity index (χ2v) is 28.8. The molecule has 3 heteroatoms. The van der Waals surface area contributed by atoms with Gasteiger partial charge in [0.05, 0.1) is 0 Å². The molecule has 0 N–H and O–H groups in total. The van der Waals surface area contributed by atoms with Gasteiger partial charge >= 0.3 is 0 Å². The van der Waals surface area contributed by atoms with E-state index in [1.165, 1.54) is 128 Å². The third-order valence-corrected chi connectivity index (χ3v) is 19.8. The van der Waals surface area contributed by atoms with Crippen molar-refractivity contribution in [2.45, 2.75) is 208 Å². The summed E-state index contributed by atoms with van der Waals surface area (Å²) in [4.78, 5) is 5.36. The highest BCUT2D eigenvalue weighted by atomic mass is 15.2. The van der Waals surface area contributed by atoms with Crippen molar-refractivity contribution in [1.29, 1.82) is 0 Å². The Morgan fingerprint density at radius 1 is 0.500 bits per heavy atom. The zero-order valence-electron chi connectivity index (χ0n) is 48.0. The Kier molecular flexibility index (Phi) is 10.8. The van der Waals surface area contributed by atoms with Crippen LogP contribution >= 0.6 is 0 Å². The number of aryl methyl sites for hydroxylation is 4. The van der Waals surface area contributed by atoms with Crippen LogP contribution in [0.2, 0.25) is 0 Å². The van der Waals surface area contributed by atoms with E-state index in [2.05, 4.69) is 232 Å². The molecule has 3 unspecified atom stereocenters. The molecular weight excluding hydrogens is 868 g/mol. The lowest BCUT2D eigenvalue weighted by Gasteiger charge is -2.51. The SMILES string of the molecule is Cc1cc2c3c(c1)N(c1cc4c(cc1C)C(C)(C)CCC4(C)C)c1cc(N(c4ccc(C(C)(C)C)cc4C)c4ccc(C(C)(C)C)cc4C)ccc1B3c1cc(C(C)(C)C)cc3c1C2C1(C)CCCCC31C. The Morgan fingerprint density at radius 2 is 1.07 bits per heavy atom. The fourth-order valence-electron chi connectivity index (χ4n) is 15.0. The van der Waals surface area contributed by atoms with E-state index >= 15 is 0 Å². The molecule has 1 saturated carbocycles.